The van der Waals surface area contributed by atoms with Crippen molar-refractivity contribution in [1.82, 2.24) is 0 Å². The fourth-order valence-corrected chi connectivity index (χ4v) is 6.63. The molecule has 0 aliphatic heterocycles. The lowest BCUT2D eigenvalue weighted by Gasteiger charge is -2.57. The van der Waals surface area contributed by atoms with E-state index in [1.807, 2.05) is 6.92 Å². The summed E-state index contributed by atoms with van der Waals surface area (Å²) in [4.78, 5) is 12.3. The van der Waals surface area contributed by atoms with Gasteiger partial charge in [0.2, 0.25) is 0 Å². The first-order valence-corrected chi connectivity index (χ1v) is 8.98. The molecule has 0 aromatic heterocycles. The minimum Gasteiger partial charge on any atom is -0.512 e. The lowest BCUT2D eigenvalue weighted by atomic mass is 9.47. The molecule has 122 valence electrons. The molecule has 4 aliphatic rings. The molecule has 3 fully saturated rings. The summed E-state index contributed by atoms with van der Waals surface area (Å²) < 4.78 is 14.1. The summed E-state index contributed by atoms with van der Waals surface area (Å²) in [7, 11) is 0. The van der Waals surface area contributed by atoms with Crippen molar-refractivity contribution in [3.05, 3.63) is 11.3 Å². The smallest absolute Gasteiger partial charge is 0.173 e. The Morgan fingerprint density at radius 3 is 2.64 bits per heavy atom. The normalized spacial score (nSPS) is 51.3. The molecule has 0 heterocycles. The van der Waals surface area contributed by atoms with Crippen LogP contribution in [0.3, 0.4) is 0 Å². The second-order valence-corrected chi connectivity index (χ2v) is 8.64. The summed E-state index contributed by atoms with van der Waals surface area (Å²) in [5.74, 6) is 1.70. The average molecular weight is 306 g/mol. The predicted molar refractivity (Wildman–Crippen MR) is 83.2 cm³/mol. The zero-order chi connectivity index (χ0) is 15.7. The van der Waals surface area contributed by atoms with Crippen LogP contribution in [0.15, 0.2) is 11.3 Å². The molecular weight excluding hydrogens is 279 g/mol. The van der Waals surface area contributed by atoms with Crippen molar-refractivity contribution in [3.63, 3.8) is 0 Å². The third kappa shape index (κ3) is 1.68. The number of carbonyl (C=O) groups is 1. The van der Waals surface area contributed by atoms with E-state index in [9.17, 15) is 14.3 Å². The number of fused-ring (bicyclic) bond motifs is 5. The van der Waals surface area contributed by atoms with Crippen LogP contribution in [-0.2, 0) is 4.79 Å². The van der Waals surface area contributed by atoms with Gasteiger partial charge in [0.1, 0.15) is 0 Å². The van der Waals surface area contributed by atoms with Gasteiger partial charge in [-0.3, -0.25) is 4.79 Å². The summed E-state index contributed by atoms with van der Waals surface area (Å²) in [5.41, 5.74) is 0.948. The molecule has 0 aromatic rings. The Bertz CT molecular complexity index is 554. The number of aliphatic hydroxyl groups excluding tert-OH is 1. The Balaban J connectivity index is 1.72. The van der Waals surface area contributed by atoms with Gasteiger partial charge >= 0.3 is 0 Å². The van der Waals surface area contributed by atoms with Crippen LogP contribution in [-0.4, -0.2) is 17.1 Å². The molecule has 0 bridgehead atoms. The summed E-state index contributed by atoms with van der Waals surface area (Å²) in [6.45, 7) is 4.34. The minimum absolute atomic E-state index is 0.0873. The number of alkyl halides is 1. The van der Waals surface area contributed by atoms with Crippen LogP contribution < -0.4 is 0 Å². The third-order valence-corrected chi connectivity index (χ3v) is 7.83. The number of aliphatic hydroxyl groups is 1. The third-order valence-electron chi connectivity index (χ3n) is 7.83. The van der Waals surface area contributed by atoms with Gasteiger partial charge in [-0.25, -0.2) is 4.39 Å². The van der Waals surface area contributed by atoms with E-state index >= 15 is 0 Å². The topological polar surface area (TPSA) is 37.3 Å². The maximum Gasteiger partial charge on any atom is 0.173 e. The number of hydrogen-bond donors (Lipinski definition) is 1. The highest BCUT2D eigenvalue weighted by atomic mass is 19.1. The first kappa shape index (κ1) is 14.7. The molecule has 1 N–H and O–H groups in total. The number of hydrogen-bond acceptors (Lipinski definition) is 2. The quantitative estimate of drug-likeness (QED) is 0.701. The molecular formula is C19H27FO2. The van der Waals surface area contributed by atoms with Crippen molar-refractivity contribution < 1.29 is 14.3 Å². The van der Waals surface area contributed by atoms with Crippen molar-refractivity contribution in [1.29, 1.82) is 0 Å². The van der Waals surface area contributed by atoms with Gasteiger partial charge in [0.15, 0.2) is 12.0 Å². The number of ketones is 1. The molecule has 2 nitrogen and oxygen atoms in total. The molecule has 3 heteroatoms. The van der Waals surface area contributed by atoms with E-state index in [1.165, 1.54) is 5.57 Å². The summed E-state index contributed by atoms with van der Waals surface area (Å²) in [6.07, 6.45) is 6.06. The number of carbonyl (C=O) groups excluding carboxylic acids is 1. The van der Waals surface area contributed by atoms with Gasteiger partial charge < -0.3 is 5.11 Å². The number of rotatable bonds is 0. The van der Waals surface area contributed by atoms with Crippen LogP contribution in [0.25, 0.3) is 0 Å². The molecule has 0 spiro atoms. The van der Waals surface area contributed by atoms with E-state index in [0.717, 1.165) is 44.9 Å². The average Bonchev–Trinajstić information content (AvgIpc) is 2.71. The lowest BCUT2D eigenvalue weighted by Crippen LogP contribution is -2.50. The molecule has 0 radical (unpaired) electrons. The van der Waals surface area contributed by atoms with Crippen LogP contribution in [0.1, 0.15) is 65.2 Å². The number of halogens is 1. The Morgan fingerprint density at radius 1 is 1.09 bits per heavy atom. The zero-order valence-electron chi connectivity index (χ0n) is 13.7. The number of Topliss-reactive ketones (excluding diaryl/α,β-unsaturated/α-hetero) is 1. The summed E-state index contributed by atoms with van der Waals surface area (Å²) >= 11 is 0. The SMILES string of the molecule is C[C@]12CCCC(O)=C1CC[C@@H]1[C@@H]2CC[C@]2(C)C(=O)[C@H](F)C[C@@H]12. The first-order chi connectivity index (χ1) is 10.4. The first-order valence-electron chi connectivity index (χ1n) is 8.98. The molecule has 0 unspecified atom stereocenters. The highest BCUT2D eigenvalue weighted by Crippen LogP contribution is 2.65. The standard InChI is InChI=1S/C19H27FO2/c1-18-8-3-4-16(21)13(18)6-5-11-12(18)7-9-19(2)14(11)10-15(20)17(19)22/h11-12,14-15,21H,3-10H2,1-2H3/t11-,12+,14+,15-,18-,19+/m1/s1. The van der Waals surface area contributed by atoms with Crippen molar-refractivity contribution in [2.45, 2.75) is 71.4 Å². The van der Waals surface area contributed by atoms with Crippen molar-refractivity contribution >= 4 is 5.78 Å². The summed E-state index contributed by atoms with van der Waals surface area (Å²) in [5, 5.41) is 10.3. The van der Waals surface area contributed by atoms with E-state index in [2.05, 4.69) is 6.92 Å². The maximum absolute atomic E-state index is 14.1. The Morgan fingerprint density at radius 2 is 1.86 bits per heavy atom. The van der Waals surface area contributed by atoms with Gasteiger partial charge in [0.05, 0.1) is 5.76 Å². The van der Waals surface area contributed by atoms with Crippen molar-refractivity contribution in [2.24, 2.45) is 28.6 Å². The Labute approximate surface area is 132 Å². The highest BCUT2D eigenvalue weighted by molar-refractivity contribution is 5.91. The molecule has 0 amide bonds. The van der Waals surface area contributed by atoms with Crippen LogP contribution in [0.4, 0.5) is 4.39 Å². The molecule has 4 aliphatic carbocycles. The second-order valence-electron chi connectivity index (χ2n) is 8.64. The molecule has 0 saturated heterocycles. The zero-order valence-corrected chi connectivity index (χ0v) is 13.7. The highest BCUT2D eigenvalue weighted by Gasteiger charge is 2.61. The van der Waals surface area contributed by atoms with Crippen LogP contribution in [0.5, 0.6) is 0 Å². The fourth-order valence-electron chi connectivity index (χ4n) is 6.63. The second kappa shape index (κ2) is 4.58. The van der Waals surface area contributed by atoms with Gasteiger partial charge in [-0.05, 0) is 73.7 Å². The van der Waals surface area contributed by atoms with E-state index < -0.39 is 11.6 Å². The molecule has 3 saturated carbocycles. The van der Waals surface area contributed by atoms with Crippen molar-refractivity contribution in [2.75, 3.05) is 0 Å². The summed E-state index contributed by atoms with van der Waals surface area (Å²) in [6, 6.07) is 0. The Kier molecular flexibility index (Phi) is 3.06. The van der Waals surface area contributed by atoms with Gasteiger partial charge in [-0.2, -0.15) is 0 Å². The van der Waals surface area contributed by atoms with Gasteiger partial charge in [0.25, 0.3) is 0 Å². The largest absolute Gasteiger partial charge is 0.512 e. The predicted octanol–water partition coefficient (Wildman–Crippen LogP) is 4.74. The van der Waals surface area contributed by atoms with Gasteiger partial charge in [0, 0.05) is 11.8 Å². The fraction of sp³-hybridized carbons (Fsp3) is 0.842. The van der Waals surface area contributed by atoms with E-state index in [1.54, 1.807) is 0 Å². The molecule has 22 heavy (non-hydrogen) atoms. The maximum atomic E-state index is 14.1. The monoisotopic (exact) mass is 306 g/mol. The molecule has 0 aromatic carbocycles. The minimum atomic E-state index is -1.24. The number of allylic oxidation sites excluding steroid dienone is 2. The molecule has 6 atom stereocenters. The molecule has 4 rings (SSSR count). The van der Waals surface area contributed by atoms with E-state index in [4.69, 9.17) is 0 Å². The van der Waals surface area contributed by atoms with Crippen LogP contribution in [0, 0.1) is 28.6 Å². The van der Waals surface area contributed by atoms with Gasteiger partial charge in [-0.15, -0.1) is 0 Å². The lowest BCUT2D eigenvalue weighted by molar-refractivity contribution is -0.135. The van der Waals surface area contributed by atoms with Crippen LogP contribution in [0.2, 0.25) is 0 Å². The van der Waals surface area contributed by atoms with E-state index in [-0.39, 0.29) is 17.1 Å². The van der Waals surface area contributed by atoms with Gasteiger partial charge in [-0.1, -0.05) is 13.8 Å². The van der Waals surface area contributed by atoms with E-state index in [0.29, 0.717) is 24.0 Å². The van der Waals surface area contributed by atoms with Crippen LogP contribution >= 0.6 is 0 Å². The van der Waals surface area contributed by atoms with Crippen molar-refractivity contribution in [3.8, 4) is 0 Å². The Hall–Kier alpha value is -0.860.